The van der Waals surface area contributed by atoms with Crippen LogP contribution in [0.5, 0.6) is 5.75 Å². The van der Waals surface area contributed by atoms with E-state index in [4.69, 9.17) is 0 Å². The van der Waals surface area contributed by atoms with Crippen molar-refractivity contribution < 1.29 is 18.7 Å². The molecule has 3 atom stereocenters. The zero-order valence-electron chi connectivity index (χ0n) is 22.0. The van der Waals surface area contributed by atoms with Crippen molar-refractivity contribution >= 4 is 29.1 Å². The van der Waals surface area contributed by atoms with Crippen molar-refractivity contribution in [2.75, 3.05) is 30.8 Å². The highest BCUT2D eigenvalue weighted by Gasteiger charge is 2.35. The van der Waals surface area contributed by atoms with Crippen molar-refractivity contribution in [2.24, 2.45) is 0 Å². The maximum absolute atomic E-state index is 14.7. The molecule has 0 bridgehead atoms. The van der Waals surface area contributed by atoms with Crippen LogP contribution in [-0.4, -0.2) is 68.6 Å². The number of carbonyl (C=O) groups is 1. The molecule has 2 N–H and O–H groups in total. The Hall–Kier alpha value is -3.70. The first kappa shape index (κ1) is 26.5. The van der Waals surface area contributed by atoms with Crippen LogP contribution in [0.1, 0.15) is 40.5 Å². The van der Waals surface area contributed by atoms with Crippen molar-refractivity contribution in [2.45, 2.75) is 42.5 Å². The highest BCUT2D eigenvalue weighted by molar-refractivity contribution is 7.98. The number of imidazole rings is 1. The lowest BCUT2D eigenvalue weighted by Crippen LogP contribution is -2.37. The summed E-state index contributed by atoms with van der Waals surface area (Å²) in [7, 11) is 0. The quantitative estimate of drug-likeness (QED) is 0.318. The molecule has 0 saturated carbocycles. The number of halogens is 2. The van der Waals surface area contributed by atoms with E-state index in [1.54, 1.807) is 24.3 Å². The van der Waals surface area contributed by atoms with Crippen molar-refractivity contribution in [1.29, 1.82) is 0 Å². The van der Waals surface area contributed by atoms with Gasteiger partial charge < -0.3 is 15.3 Å². The van der Waals surface area contributed by atoms with Crippen LogP contribution in [-0.2, 0) is 6.54 Å². The van der Waals surface area contributed by atoms with E-state index in [2.05, 4.69) is 20.3 Å². The third-order valence-electron chi connectivity index (χ3n) is 7.56. The Morgan fingerprint density at radius 1 is 1.18 bits per heavy atom. The van der Waals surface area contributed by atoms with Crippen LogP contribution in [0.3, 0.4) is 0 Å². The highest BCUT2D eigenvalue weighted by atomic mass is 32.2. The molecule has 2 aliphatic rings. The molecule has 0 aliphatic carbocycles. The first-order chi connectivity index (χ1) is 19.4. The van der Waals surface area contributed by atoms with Gasteiger partial charge in [0.05, 0.1) is 18.8 Å². The number of phenols is 1. The molecule has 208 valence electrons. The second-order valence-corrected chi connectivity index (χ2v) is 11.3. The second kappa shape index (κ2) is 11.1. The standard InChI is InChI=1S/C29H30F2N6O2S/c1-40-24-11-19(10-20(30)12-24)25-13-21(31)16-36(25)28-6-5-27-32-14-26(37(27)34-28)29(39)33-22-7-8-35(17-22)15-18-3-2-4-23(38)9-18/h2-6,9-12,14,21-22,25,38H,7-8,13,15-17H2,1H3,(H,33,39)/t21-,22-,25+/m0/s1. The first-order valence-corrected chi connectivity index (χ1v) is 14.5. The number of alkyl halides is 1. The monoisotopic (exact) mass is 564 g/mol. The van der Waals surface area contributed by atoms with E-state index in [0.717, 1.165) is 23.4 Å². The molecule has 6 rings (SSSR count). The van der Waals surface area contributed by atoms with Gasteiger partial charge in [-0.15, -0.1) is 16.9 Å². The predicted molar refractivity (Wildman–Crippen MR) is 150 cm³/mol. The maximum atomic E-state index is 14.7. The number of benzene rings is 2. The van der Waals surface area contributed by atoms with E-state index < -0.39 is 6.17 Å². The number of fused-ring (bicyclic) bond motifs is 1. The van der Waals surface area contributed by atoms with Gasteiger partial charge in [0.25, 0.3) is 5.91 Å². The Balaban J connectivity index is 1.19. The molecule has 4 heterocycles. The Kier molecular flexibility index (Phi) is 7.33. The van der Waals surface area contributed by atoms with Crippen LogP contribution < -0.4 is 10.2 Å². The maximum Gasteiger partial charge on any atom is 0.271 e. The van der Waals surface area contributed by atoms with Crippen LogP contribution >= 0.6 is 11.8 Å². The van der Waals surface area contributed by atoms with Crippen LogP contribution in [0.25, 0.3) is 5.65 Å². The fourth-order valence-electron chi connectivity index (χ4n) is 5.69. The smallest absolute Gasteiger partial charge is 0.271 e. The van der Waals surface area contributed by atoms with Crippen LogP contribution in [0, 0.1) is 5.82 Å². The number of hydrogen-bond acceptors (Lipinski definition) is 7. The Morgan fingerprint density at radius 2 is 2.05 bits per heavy atom. The first-order valence-electron chi connectivity index (χ1n) is 13.3. The van der Waals surface area contributed by atoms with Crippen molar-refractivity contribution in [3.63, 3.8) is 0 Å². The fraction of sp³-hybridized carbons (Fsp3) is 0.345. The molecule has 2 saturated heterocycles. The van der Waals surface area contributed by atoms with Gasteiger partial charge >= 0.3 is 0 Å². The van der Waals surface area contributed by atoms with E-state index >= 15 is 0 Å². The SMILES string of the molecule is CSc1cc(F)cc([C@H]2C[C@H](F)CN2c2ccc3ncc(C(=O)N[C@H]4CCN(Cc5cccc(O)c5)C4)n3n2)c1. The summed E-state index contributed by atoms with van der Waals surface area (Å²) in [5, 5.41) is 17.5. The summed E-state index contributed by atoms with van der Waals surface area (Å²) in [4.78, 5) is 22.5. The summed E-state index contributed by atoms with van der Waals surface area (Å²) in [6.45, 7) is 2.34. The minimum Gasteiger partial charge on any atom is -0.508 e. The van der Waals surface area contributed by atoms with Crippen molar-refractivity contribution in [1.82, 2.24) is 24.8 Å². The molecule has 2 aromatic carbocycles. The van der Waals surface area contributed by atoms with E-state index in [1.165, 1.54) is 34.6 Å². The average Bonchev–Trinajstić information content (AvgIpc) is 3.66. The predicted octanol–water partition coefficient (Wildman–Crippen LogP) is 4.59. The number of carbonyl (C=O) groups excluding carboxylic acids is 1. The number of likely N-dealkylation sites (tertiary alicyclic amines) is 1. The number of thioether (sulfide) groups is 1. The minimum atomic E-state index is -1.08. The summed E-state index contributed by atoms with van der Waals surface area (Å²) in [6.07, 6.45) is 3.33. The normalized spacial score (nSPS) is 21.4. The van der Waals surface area contributed by atoms with Gasteiger partial charge in [-0.3, -0.25) is 9.69 Å². The summed E-state index contributed by atoms with van der Waals surface area (Å²) in [5.41, 5.74) is 2.52. The zero-order valence-corrected chi connectivity index (χ0v) is 22.8. The van der Waals surface area contributed by atoms with Gasteiger partial charge in [-0.05, 0) is 66.3 Å². The number of rotatable bonds is 7. The number of anilines is 1. The number of nitrogens with zero attached hydrogens (tertiary/aromatic N) is 5. The highest BCUT2D eigenvalue weighted by Crippen LogP contribution is 2.38. The van der Waals surface area contributed by atoms with Gasteiger partial charge in [0.2, 0.25) is 0 Å². The molecule has 11 heteroatoms. The average molecular weight is 565 g/mol. The number of phenolic OH excluding ortho intramolecular Hbond substituents is 1. The van der Waals surface area contributed by atoms with Gasteiger partial charge in [0.1, 0.15) is 23.6 Å². The summed E-state index contributed by atoms with van der Waals surface area (Å²) >= 11 is 1.44. The molecule has 8 nitrogen and oxygen atoms in total. The molecule has 4 aromatic rings. The molecule has 0 spiro atoms. The molecule has 40 heavy (non-hydrogen) atoms. The van der Waals surface area contributed by atoms with Crippen molar-refractivity contribution in [3.05, 3.63) is 83.4 Å². The largest absolute Gasteiger partial charge is 0.508 e. The fourth-order valence-corrected chi connectivity index (χ4v) is 6.17. The lowest BCUT2D eigenvalue weighted by Gasteiger charge is -2.26. The summed E-state index contributed by atoms with van der Waals surface area (Å²) in [5.74, 6) is 0.104. The van der Waals surface area contributed by atoms with Gasteiger partial charge in [0, 0.05) is 37.0 Å². The lowest BCUT2D eigenvalue weighted by molar-refractivity contribution is 0.0930. The molecule has 0 radical (unpaired) electrons. The number of aromatic nitrogens is 3. The van der Waals surface area contributed by atoms with E-state index in [9.17, 15) is 18.7 Å². The molecule has 2 aliphatic heterocycles. The molecule has 1 amide bonds. The van der Waals surface area contributed by atoms with Gasteiger partial charge in [-0.25, -0.2) is 18.3 Å². The number of aromatic hydroxyl groups is 1. The minimum absolute atomic E-state index is 0.0348. The van der Waals surface area contributed by atoms with Gasteiger partial charge in [-0.1, -0.05) is 12.1 Å². The number of hydrogen-bond donors (Lipinski definition) is 2. The third kappa shape index (κ3) is 5.48. The number of amides is 1. The molecule has 0 unspecified atom stereocenters. The van der Waals surface area contributed by atoms with Gasteiger partial charge in [-0.2, -0.15) is 0 Å². The van der Waals surface area contributed by atoms with Crippen LogP contribution in [0.2, 0.25) is 0 Å². The number of nitrogens with one attached hydrogen (secondary N) is 1. The topological polar surface area (TPSA) is 86.0 Å². The van der Waals surface area contributed by atoms with Crippen LogP contribution in [0.15, 0.2) is 65.7 Å². The Labute approximate surface area is 235 Å². The molecular weight excluding hydrogens is 534 g/mol. The summed E-state index contributed by atoms with van der Waals surface area (Å²) < 4.78 is 30.5. The van der Waals surface area contributed by atoms with Crippen LogP contribution in [0.4, 0.5) is 14.6 Å². The molecule has 2 fully saturated rings. The lowest BCUT2D eigenvalue weighted by atomic mass is 10.0. The van der Waals surface area contributed by atoms with Crippen molar-refractivity contribution in [3.8, 4) is 5.75 Å². The Bertz CT molecular complexity index is 1550. The van der Waals surface area contributed by atoms with Gasteiger partial charge in [0.15, 0.2) is 11.3 Å². The molecular formula is C29H30F2N6O2S. The van der Waals surface area contributed by atoms with E-state index in [1.807, 2.05) is 29.4 Å². The van der Waals surface area contributed by atoms with E-state index in [0.29, 0.717) is 35.8 Å². The third-order valence-corrected chi connectivity index (χ3v) is 8.27. The molecule has 2 aromatic heterocycles. The Morgan fingerprint density at radius 3 is 2.88 bits per heavy atom. The van der Waals surface area contributed by atoms with E-state index in [-0.39, 0.29) is 42.5 Å². The second-order valence-electron chi connectivity index (χ2n) is 10.4. The zero-order chi connectivity index (χ0) is 27.8. The summed E-state index contributed by atoms with van der Waals surface area (Å²) in [6, 6.07) is 15.1.